The highest BCUT2D eigenvalue weighted by Crippen LogP contribution is 2.19. The van der Waals surface area contributed by atoms with Crippen molar-refractivity contribution in [3.8, 4) is 0 Å². The van der Waals surface area contributed by atoms with E-state index in [2.05, 4.69) is 16.4 Å². The van der Waals surface area contributed by atoms with E-state index in [1.165, 1.54) is 23.0 Å². The van der Waals surface area contributed by atoms with E-state index in [1.807, 2.05) is 0 Å². The van der Waals surface area contributed by atoms with Crippen molar-refractivity contribution in [3.05, 3.63) is 56.8 Å². The number of para-hydroxylation sites is 1. The number of benzene rings is 1. The summed E-state index contributed by atoms with van der Waals surface area (Å²) in [6, 6.07) is 6.91. The highest BCUT2D eigenvalue weighted by Gasteiger charge is 2.09. The van der Waals surface area contributed by atoms with Gasteiger partial charge in [0.25, 0.3) is 5.56 Å². The first kappa shape index (κ1) is 17.2. The van der Waals surface area contributed by atoms with E-state index in [-0.39, 0.29) is 18.9 Å². The Morgan fingerprint density at radius 3 is 2.84 bits per heavy atom. The first-order chi connectivity index (χ1) is 12.1. The fraction of sp³-hybridized carbons (Fsp3) is 0.421. The summed E-state index contributed by atoms with van der Waals surface area (Å²) in [7, 11) is 0. The van der Waals surface area contributed by atoms with Crippen LogP contribution in [0.2, 0.25) is 0 Å². The first-order valence-corrected chi connectivity index (χ1v) is 8.81. The van der Waals surface area contributed by atoms with Crippen LogP contribution in [0.25, 0.3) is 10.9 Å². The molecule has 1 amide bonds. The number of carbonyl (C=O) groups excluding carboxylic acids is 1. The SMILES string of the molecule is O=C(CCn1c(=O)[nH]c(=O)c2ccccc21)NCCC1=CCCCC1. The normalized spacial score (nSPS) is 14.3. The van der Waals surface area contributed by atoms with Gasteiger partial charge < -0.3 is 5.32 Å². The van der Waals surface area contributed by atoms with Gasteiger partial charge in [-0.05, 0) is 44.2 Å². The van der Waals surface area contributed by atoms with Crippen LogP contribution in [0.4, 0.5) is 0 Å². The van der Waals surface area contributed by atoms with Gasteiger partial charge in [0.1, 0.15) is 0 Å². The van der Waals surface area contributed by atoms with Crippen LogP contribution in [-0.4, -0.2) is 22.0 Å². The predicted octanol–water partition coefficient (Wildman–Crippen LogP) is 2.09. The lowest BCUT2D eigenvalue weighted by Crippen LogP contribution is -2.32. The van der Waals surface area contributed by atoms with E-state index in [1.54, 1.807) is 24.3 Å². The number of aromatic nitrogens is 2. The third-order valence-corrected chi connectivity index (χ3v) is 4.62. The second-order valence-corrected chi connectivity index (χ2v) is 6.39. The van der Waals surface area contributed by atoms with Gasteiger partial charge in [-0.15, -0.1) is 0 Å². The van der Waals surface area contributed by atoms with E-state index < -0.39 is 11.2 Å². The van der Waals surface area contributed by atoms with E-state index >= 15 is 0 Å². The predicted molar refractivity (Wildman–Crippen MR) is 97.6 cm³/mol. The van der Waals surface area contributed by atoms with Crippen LogP contribution in [0.15, 0.2) is 45.5 Å². The minimum Gasteiger partial charge on any atom is -0.356 e. The molecule has 6 nitrogen and oxygen atoms in total. The van der Waals surface area contributed by atoms with Crippen molar-refractivity contribution < 1.29 is 4.79 Å². The second-order valence-electron chi connectivity index (χ2n) is 6.39. The fourth-order valence-corrected chi connectivity index (χ4v) is 3.26. The molecule has 0 bridgehead atoms. The number of carbonyl (C=O) groups is 1. The molecule has 0 saturated carbocycles. The van der Waals surface area contributed by atoms with Gasteiger partial charge in [-0.25, -0.2) is 4.79 Å². The number of amides is 1. The second kappa shape index (κ2) is 7.96. The van der Waals surface area contributed by atoms with Crippen molar-refractivity contribution in [1.82, 2.24) is 14.9 Å². The van der Waals surface area contributed by atoms with Crippen molar-refractivity contribution in [3.63, 3.8) is 0 Å². The van der Waals surface area contributed by atoms with Gasteiger partial charge in [0, 0.05) is 19.5 Å². The van der Waals surface area contributed by atoms with Gasteiger partial charge >= 0.3 is 5.69 Å². The standard InChI is InChI=1S/C19H23N3O3/c23-17(20-12-10-14-6-2-1-3-7-14)11-13-22-16-9-5-4-8-15(16)18(24)21-19(22)25/h4-6,8-9H,1-3,7,10-13H2,(H,20,23)(H,21,24,25). The summed E-state index contributed by atoms with van der Waals surface area (Å²) in [4.78, 5) is 38.2. The van der Waals surface area contributed by atoms with Crippen molar-refractivity contribution >= 4 is 16.8 Å². The molecule has 3 rings (SSSR count). The molecule has 1 aliphatic carbocycles. The van der Waals surface area contributed by atoms with Crippen LogP contribution in [0, 0.1) is 0 Å². The van der Waals surface area contributed by atoms with Crippen molar-refractivity contribution in [2.45, 2.75) is 45.1 Å². The van der Waals surface area contributed by atoms with Crippen molar-refractivity contribution in [2.75, 3.05) is 6.54 Å². The van der Waals surface area contributed by atoms with Crippen molar-refractivity contribution in [2.24, 2.45) is 0 Å². The third-order valence-electron chi connectivity index (χ3n) is 4.62. The molecule has 1 heterocycles. The summed E-state index contributed by atoms with van der Waals surface area (Å²) in [5.74, 6) is -0.0846. The Labute approximate surface area is 145 Å². The Bertz CT molecular complexity index is 908. The summed E-state index contributed by atoms with van der Waals surface area (Å²) in [5.41, 5.74) is 1.09. The molecule has 1 aromatic carbocycles. The molecule has 132 valence electrons. The Morgan fingerprint density at radius 2 is 2.04 bits per heavy atom. The van der Waals surface area contributed by atoms with Gasteiger partial charge in [-0.2, -0.15) is 0 Å². The van der Waals surface area contributed by atoms with Gasteiger partial charge in [0.2, 0.25) is 5.91 Å². The first-order valence-electron chi connectivity index (χ1n) is 8.81. The number of hydrogen-bond donors (Lipinski definition) is 2. The zero-order valence-corrected chi connectivity index (χ0v) is 14.2. The number of allylic oxidation sites excluding steroid dienone is 1. The van der Waals surface area contributed by atoms with E-state index in [9.17, 15) is 14.4 Å². The zero-order chi connectivity index (χ0) is 17.6. The maximum atomic E-state index is 12.1. The molecule has 2 aromatic rings. The maximum Gasteiger partial charge on any atom is 0.328 e. The lowest BCUT2D eigenvalue weighted by Gasteiger charge is -2.13. The van der Waals surface area contributed by atoms with Crippen molar-refractivity contribution in [1.29, 1.82) is 0 Å². The van der Waals surface area contributed by atoms with E-state index in [4.69, 9.17) is 0 Å². The summed E-state index contributed by atoms with van der Waals surface area (Å²) < 4.78 is 1.44. The minimum atomic E-state index is -0.483. The monoisotopic (exact) mass is 341 g/mol. The quantitative estimate of drug-likeness (QED) is 0.789. The Kier molecular flexibility index (Phi) is 5.48. The molecule has 1 aliphatic rings. The molecule has 6 heteroatoms. The topological polar surface area (TPSA) is 84.0 Å². The molecule has 0 fully saturated rings. The zero-order valence-electron chi connectivity index (χ0n) is 14.2. The molecule has 1 aromatic heterocycles. The largest absolute Gasteiger partial charge is 0.356 e. The highest BCUT2D eigenvalue weighted by atomic mass is 16.2. The van der Waals surface area contributed by atoms with Crippen LogP contribution in [0.5, 0.6) is 0 Å². The third kappa shape index (κ3) is 4.26. The van der Waals surface area contributed by atoms with Gasteiger partial charge in [0.15, 0.2) is 0 Å². The number of nitrogens with zero attached hydrogens (tertiary/aromatic N) is 1. The molecule has 25 heavy (non-hydrogen) atoms. The van der Waals surface area contributed by atoms with E-state index in [0.29, 0.717) is 17.4 Å². The highest BCUT2D eigenvalue weighted by molar-refractivity contribution is 5.78. The molecule has 0 saturated heterocycles. The summed E-state index contributed by atoms with van der Waals surface area (Å²) in [5, 5.41) is 3.36. The van der Waals surface area contributed by atoms with Gasteiger partial charge in [-0.1, -0.05) is 23.8 Å². The Hall–Kier alpha value is -2.63. The number of aromatic amines is 1. The molecule has 0 spiro atoms. The lowest BCUT2D eigenvalue weighted by atomic mass is 9.97. The maximum absolute atomic E-state index is 12.1. The molecule has 0 aliphatic heterocycles. The van der Waals surface area contributed by atoms with Crippen LogP contribution in [0.1, 0.15) is 38.5 Å². The smallest absolute Gasteiger partial charge is 0.328 e. The molecule has 2 N–H and O–H groups in total. The van der Waals surface area contributed by atoms with Crippen LogP contribution >= 0.6 is 0 Å². The minimum absolute atomic E-state index is 0.0846. The molecule has 0 unspecified atom stereocenters. The van der Waals surface area contributed by atoms with Gasteiger partial charge in [0.05, 0.1) is 10.9 Å². The molecule has 0 radical (unpaired) electrons. The summed E-state index contributed by atoms with van der Waals surface area (Å²) >= 11 is 0. The fourth-order valence-electron chi connectivity index (χ4n) is 3.26. The number of H-pyrrole nitrogens is 1. The molecular formula is C19H23N3O3. The Morgan fingerprint density at radius 1 is 1.20 bits per heavy atom. The lowest BCUT2D eigenvalue weighted by molar-refractivity contribution is -0.121. The summed E-state index contributed by atoms with van der Waals surface area (Å²) in [6.45, 7) is 0.872. The number of nitrogens with one attached hydrogen (secondary N) is 2. The molecule has 0 atom stereocenters. The van der Waals surface area contributed by atoms with E-state index in [0.717, 1.165) is 19.3 Å². The number of rotatable bonds is 6. The van der Waals surface area contributed by atoms with Crippen LogP contribution < -0.4 is 16.6 Å². The number of fused-ring (bicyclic) bond motifs is 1. The molecular weight excluding hydrogens is 318 g/mol. The Balaban J connectivity index is 1.59. The average Bonchev–Trinajstić information content (AvgIpc) is 2.62. The van der Waals surface area contributed by atoms with Crippen LogP contribution in [0.3, 0.4) is 0 Å². The number of aryl methyl sites for hydroxylation is 1. The van der Waals surface area contributed by atoms with Crippen LogP contribution in [-0.2, 0) is 11.3 Å². The summed E-state index contributed by atoms with van der Waals surface area (Å²) in [6.07, 6.45) is 8.16. The average molecular weight is 341 g/mol. The van der Waals surface area contributed by atoms with Gasteiger partial charge in [-0.3, -0.25) is 19.1 Å². The number of hydrogen-bond acceptors (Lipinski definition) is 3.